The largest absolute Gasteiger partial charge is 0.461 e. The molecule has 162 valence electrons. The molecule has 6 nitrogen and oxygen atoms in total. The molecule has 0 bridgehead atoms. The third-order valence-electron chi connectivity index (χ3n) is 6.18. The molecule has 1 unspecified atom stereocenters. The van der Waals surface area contributed by atoms with Crippen LogP contribution < -0.4 is 0 Å². The molecule has 0 radical (unpaired) electrons. The number of ketones is 1. The Balaban J connectivity index is 2.35. The van der Waals surface area contributed by atoms with Crippen molar-refractivity contribution >= 4 is 17.7 Å². The lowest BCUT2D eigenvalue weighted by molar-refractivity contribution is -0.139. The lowest BCUT2D eigenvalue weighted by atomic mass is 9.83. The van der Waals surface area contributed by atoms with Crippen LogP contribution in [0.3, 0.4) is 0 Å². The molecule has 1 aromatic heterocycles. The van der Waals surface area contributed by atoms with E-state index in [1.807, 2.05) is 13.8 Å². The molecular weight excluding hydrogens is 368 g/mol. The minimum atomic E-state index is -0.559. The van der Waals surface area contributed by atoms with Crippen molar-refractivity contribution in [1.29, 1.82) is 0 Å². The molecular formula is C23H36N2O4. The Hall–Kier alpha value is -2.11. The first-order chi connectivity index (χ1) is 13.6. The van der Waals surface area contributed by atoms with Gasteiger partial charge in [-0.25, -0.2) is 4.79 Å². The molecule has 2 rings (SSSR count). The second-order valence-corrected chi connectivity index (χ2v) is 8.60. The van der Waals surface area contributed by atoms with Crippen LogP contribution in [0.25, 0.3) is 0 Å². The minimum Gasteiger partial charge on any atom is -0.461 e. The first-order valence-electron chi connectivity index (χ1n) is 10.8. The molecule has 0 N–H and O–H groups in total. The van der Waals surface area contributed by atoms with Crippen LogP contribution in [0.2, 0.25) is 0 Å². The van der Waals surface area contributed by atoms with E-state index in [4.69, 9.17) is 4.74 Å². The summed E-state index contributed by atoms with van der Waals surface area (Å²) in [5.41, 5.74) is 2.28. The second-order valence-electron chi connectivity index (χ2n) is 8.60. The molecule has 1 amide bonds. The van der Waals surface area contributed by atoms with Crippen LogP contribution >= 0.6 is 0 Å². The van der Waals surface area contributed by atoms with E-state index in [2.05, 4.69) is 13.8 Å². The minimum absolute atomic E-state index is 0.0467. The fraction of sp³-hybridized carbons (Fsp3) is 0.696. The number of hydrogen-bond donors (Lipinski definition) is 0. The zero-order chi connectivity index (χ0) is 21.9. The number of hydrogen-bond acceptors (Lipinski definition) is 4. The maximum Gasteiger partial charge on any atom is 0.355 e. The zero-order valence-electron chi connectivity index (χ0n) is 19.0. The number of Topliss-reactive ketones (excluding diaryl/α,β-unsaturated/α-hetero) is 1. The van der Waals surface area contributed by atoms with Crippen LogP contribution in [0, 0.1) is 25.7 Å². The van der Waals surface area contributed by atoms with Gasteiger partial charge in [0.15, 0.2) is 5.78 Å². The van der Waals surface area contributed by atoms with Crippen LogP contribution in [0.5, 0.6) is 0 Å². The highest BCUT2D eigenvalue weighted by molar-refractivity contribution is 6.06. The van der Waals surface area contributed by atoms with E-state index in [0.29, 0.717) is 29.3 Å². The summed E-state index contributed by atoms with van der Waals surface area (Å²) in [6, 6.07) is -0.559. The Labute approximate surface area is 174 Å². The highest BCUT2D eigenvalue weighted by Gasteiger charge is 2.36. The van der Waals surface area contributed by atoms with Crippen LogP contribution in [0.4, 0.5) is 0 Å². The van der Waals surface area contributed by atoms with E-state index < -0.39 is 12.0 Å². The number of carbonyl (C=O) groups excluding carboxylic acids is 3. The van der Waals surface area contributed by atoms with Gasteiger partial charge >= 0.3 is 5.97 Å². The van der Waals surface area contributed by atoms with Gasteiger partial charge in [0.25, 0.3) is 0 Å². The first-order valence-corrected chi connectivity index (χ1v) is 10.8. The molecule has 1 aliphatic carbocycles. The summed E-state index contributed by atoms with van der Waals surface area (Å²) in [5, 5.41) is 0. The Morgan fingerprint density at radius 3 is 2.28 bits per heavy atom. The number of aromatic nitrogens is 1. The van der Waals surface area contributed by atoms with Gasteiger partial charge in [0, 0.05) is 30.8 Å². The number of rotatable bonds is 9. The fourth-order valence-electron chi connectivity index (χ4n) is 3.96. The van der Waals surface area contributed by atoms with E-state index in [0.717, 1.165) is 31.4 Å². The van der Waals surface area contributed by atoms with Crippen molar-refractivity contribution < 1.29 is 19.1 Å². The van der Waals surface area contributed by atoms with E-state index in [1.54, 1.807) is 30.4 Å². The molecule has 0 aliphatic heterocycles. The van der Waals surface area contributed by atoms with Crippen molar-refractivity contribution in [2.75, 3.05) is 13.2 Å². The molecule has 1 heterocycles. The number of esters is 1. The van der Waals surface area contributed by atoms with Gasteiger partial charge in [0.05, 0.1) is 12.6 Å². The van der Waals surface area contributed by atoms with E-state index in [1.165, 1.54) is 0 Å². The van der Waals surface area contributed by atoms with Crippen molar-refractivity contribution in [2.45, 2.75) is 73.3 Å². The summed E-state index contributed by atoms with van der Waals surface area (Å²) in [4.78, 5) is 40.7. The Morgan fingerprint density at radius 2 is 1.79 bits per heavy atom. The standard InChI is InChI=1S/C23H36N2O4/c1-8-29-23(28)20-15(4)19(16(5)24(20)7)21(26)17(6)25(13-12-14(2)3)22(27)18-10-9-11-18/h14,17-18H,8-13H2,1-7H3. The topological polar surface area (TPSA) is 68.6 Å². The Bertz CT molecular complexity index is 774. The lowest BCUT2D eigenvalue weighted by Gasteiger charge is -2.35. The van der Waals surface area contributed by atoms with Crippen LogP contribution in [-0.2, 0) is 16.6 Å². The Morgan fingerprint density at radius 1 is 1.17 bits per heavy atom. The number of ether oxygens (including phenoxy) is 1. The van der Waals surface area contributed by atoms with Crippen molar-refractivity contribution in [2.24, 2.45) is 18.9 Å². The van der Waals surface area contributed by atoms with E-state index in [9.17, 15) is 14.4 Å². The summed E-state index contributed by atoms with van der Waals surface area (Å²) < 4.78 is 6.89. The van der Waals surface area contributed by atoms with Gasteiger partial charge < -0.3 is 14.2 Å². The molecule has 1 aliphatic rings. The third kappa shape index (κ3) is 4.73. The maximum atomic E-state index is 13.5. The first kappa shape index (κ1) is 23.2. The van der Waals surface area contributed by atoms with Crippen LogP contribution in [0.1, 0.15) is 85.5 Å². The Kier molecular flexibility index (Phi) is 7.66. The van der Waals surface area contributed by atoms with Crippen molar-refractivity contribution in [3.8, 4) is 0 Å². The smallest absolute Gasteiger partial charge is 0.355 e. The second kappa shape index (κ2) is 9.59. The van der Waals surface area contributed by atoms with Gasteiger partial charge in [-0.3, -0.25) is 9.59 Å². The summed E-state index contributed by atoms with van der Waals surface area (Å²) in [7, 11) is 1.77. The van der Waals surface area contributed by atoms with Crippen LogP contribution in [-0.4, -0.2) is 46.3 Å². The van der Waals surface area contributed by atoms with Gasteiger partial charge in [-0.05, 0) is 58.4 Å². The SMILES string of the molecule is CCOC(=O)c1c(C)c(C(=O)C(C)N(CCC(C)C)C(=O)C2CCC2)c(C)n1C. The van der Waals surface area contributed by atoms with Gasteiger partial charge in [0.2, 0.25) is 5.91 Å². The van der Waals surface area contributed by atoms with Gasteiger partial charge in [-0.1, -0.05) is 20.3 Å². The van der Waals surface area contributed by atoms with Crippen molar-refractivity contribution in [1.82, 2.24) is 9.47 Å². The predicted molar refractivity (Wildman–Crippen MR) is 113 cm³/mol. The summed E-state index contributed by atoms with van der Waals surface area (Å²) in [5.74, 6) is 0.0526. The molecule has 0 spiro atoms. The summed E-state index contributed by atoms with van der Waals surface area (Å²) in [6.07, 6.45) is 3.76. The zero-order valence-corrected chi connectivity index (χ0v) is 19.0. The van der Waals surface area contributed by atoms with Crippen LogP contribution in [0.15, 0.2) is 0 Å². The predicted octanol–water partition coefficient (Wildman–Crippen LogP) is 4.06. The van der Waals surface area contributed by atoms with E-state index in [-0.39, 0.29) is 24.2 Å². The number of amides is 1. The quantitative estimate of drug-likeness (QED) is 0.460. The normalized spacial score (nSPS) is 15.2. The average molecular weight is 405 g/mol. The number of carbonyl (C=O) groups is 3. The highest BCUT2D eigenvalue weighted by atomic mass is 16.5. The maximum absolute atomic E-state index is 13.5. The summed E-state index contributed by atoms with van der Waals surface area (Å²) >= 11 is 0. The van der Waals surface area contributed by atoms with E-state index >= 15 is 0 Å². The molecule has 0 saturated heterocycles. The lowest BCUT2D eigenvalue weighted by Crippen LogP contribution is -2.48. The molecule has 1 fully saturated rings. The molecule has 1 atom stereocenters. The molecule has 29 heavy (non-hydrogen) atoms. The highest BCUT2D eigenvalue weighted by Crippen LogP contribution is 2.31. The summed E-state index contributed by atoms with van der Waals surface area (Å²) in [6.45, 7) is 12.3. The van der Waals surface area contributed by atoms with Gasteiger partial charge in [-0.15, -0.1) is 0 Å². The number of nitrogens with zero attached hydrogens (tertiary/aromatic N) is 2. The third-order valence-corrected chi connectivity index (χ3v) is 6.18. The van der Waals surface area contributed by atoms with Gasteiger partial charge in [-0.2, -0.15) is 0 Å². The molecule has 1 aromatic rings. The van der Waals surface area contributed by atoms with Crippen molar-refractivity contribution in [3.63, 3.8) is 0 Å². The monoisotopic (exact) mass is 404 g/mol. The average Bonchev–Trinajstić information content (AvgIpc) is 2.82. The van der Waals surface area contributed by atoms with Gasteiger partial charge in [0.1, 0.15) is 5.69 Å². The molecule has 6 heteroatoms. The molecule has 0 aromatic carbocycles. The van der Waals surface area contributed by atoms with Crippen molar-refractivity contribution in [3.05, 3.63) is 22.5 Å². The fourth-order valence-corrected chi connectivity index (χ4v) is 3.96. The molecule has 1 saturated carbocycles.